The Hall–Kier alpha value is -2.08. The van der Waals surface area contributed by atoms with Crippen LogP contribution in [0.2, 0.25) is 0 Å². The summed E-state index contributed by atoms with van der Waals surface area (Å²) in [6, 6.07) is 9.84. The fourth-order valence-corrected chi connectivity index (χ4v) is 0.970. The molecular weight excluding hydrogens is 174 g/mol. The summed E-state index contributed by atoms with van der Waals surface area (Å²) >= 11 is 0. The molecule has 0 saturated heterocycles. The molecule has 0 heterocycles. The molecule has 0 bridgehead atoms. The van der Waals surface area contributed by atoms with E-state index < -0.39 is 0 Å². The van der Waals surface area contributed by atoms with Crippen LogP contribution in [0.1, 0.15) is 5.56 Å². The summed E-state index contributed by atoms with van der Waals surface area (Å²) in [7, 11) is 1.73. The second-order valence-electron chi connectivity index (χ2n) is 2.59. The van der Waals surface area contributed by atoms with E-state index in [0.717, 1.165) is 5.56 Å². The van der Waals surface area contributed by atoms with Crippen LogP contribution >= 0.6 is 0 Å². The highest BCUT2D eigenvalue weighted by molar-refractivity contribution is 5.96. The minimum absolute atomic E-state index is 0.552. The van der Waals surface area contributed by atoms with Crippen LogP contribution < -0.4 is 5.32 Å². The van der Waals surface area contributed by atoms with Gasteiger partial charge in [0, 0.05) is 7.05 Å². The second-order valence-corrected chi connectivity index (χ2v) is 2.59. The number of likely N-dealkylation sites (N-methyl/N-ethyl adjacent to an activating group) is 1. The van der Waals surface area contributed by atoms with Gasteiger partial charge in [0.25, 0.3) is 0 Å². The number of benzene rings is 1. The summed E-state index contributed by atoms with van der Waals surface area (Å²) in [5.41, 5.74) is 1.08. The first-order valence-corrected chi connectivity index (χ1v) is 4.24. The van der Waals surface area contributed by atoms with E-state index in [4.69, 9.17) is 5.26 Å². The maximum absolute atomic E-state index is 8.35. The van der Waals surface area contributed by atoms with Gasteiger partial charge in [-0.25, -0.2) is 0 Å². The Morgan fingerprint density at radius 3 is 2.71 bits per heavy atom. The molecule has 70 valence electrons. The van der Waals surface area contributed by atoms with Crippen molar-refractivity contribution in [2.75, 3.05) is 7.05 Å². The van der Waals surface area contributed by atoms with Gasteiger partial charge in [0.1, 0.15) is 5.84 Å². The zero-order valence-electron chi connectivity index (χ0n) is 7.94. The molecular formula is C11H11N3. The van der Waals surface area contributed by atoms with Crippen molar-refractivity contribution in [3.63, 3.8) is 0 Å². The van der Waals surface area contributed by atoms with E-state index in [1.54, 1.807) is 19.3 Å². The number of aliphatic imine (C=N–C) groups is 1. The maximum Gasteiger partial charge on any atom is 0.207 e. The van der Waals surface area contributed by atoms with E-state index >= 15 is 0 Å². The first kappa shape index (κ1) is 10.0. The van der Waals surface area contributed by atoms with Crippen molar-refractivity contribution < 1.29 is 0 Å². The lowest BCUT2D eigenvalue weighted by Crippen LogP contribution is -2.14. The topological polar surface area (TPSA) is 48.2 Å². The lowest BCUT2D eigenvalue weighted by molar-refractivity contribution is 1.17. The second kappa shape index (κ2) is 5.55. The molecule has 0 aliphatic rings. The van der Waals surface area contributed by atoms with Gasteiger partial charge in [-0.1, -0.05) is 36.4 Å². The molecule has 0 spiro atoms. The van der Waals surface area contributed by atoms with Gasteiger partial charge in [0.2, 0.25) is 6.19 Å². The van der Waals surface area contributed by atoms with Gasteiger partial charge in [-0.3, -0.25) is 0 Å². The Balaban J connectivity index is 2.74. The minimum Gasteiger partial charge on any atom is -0.372 e. The zero-order valence-corrected chi connectivity index (χ0v) is 7.94. The molecule has 0 aliphatic heterocycles. The molecule has 1 rings (SSSR count). The number of hydrogen-bond donors (Lipinski definition) is 1. The fourth-order valence-electron chi connectivity index (χ4n) is 0.970. The Morgan fingerprint density at radius 2 is 2.14 bits per heavy atom. The maximum atomic E-state index is 8.35. The standard InChI is InChI=1S/C11H11N3/c1-13-11(14-9-12)8-7-10-5-3-2-4-6-10/h2-8H,1H3,(H,13,14). The van der Waals surface area contributed by atoms with Crippen LogP contribution in [0.4, 0.5) is 0 Å². The van der Waals surface area contributed by atoms with Crippen molar-refractivity contribution in [2.45, 2.75) is 0 Å². The summed E-state index contributed by atoms with van der Waals surface area (Å²) < 4.78 is 0. The molecule has 0 unspecified atom stereocenters. The quantitative estimate of drug-likeness (QED) is 0.434. The highest BCUT2D eigenvalue weighted by Gasteiger charge is 1.88. The van der Waals surface area contributed by atoms with Gasteiger partial charge >= 0.3 is 0 Å². The molecule has 0 saturated carbocycles. The number of nitrogens with zero attached hydrogens (tertiary/aromatic N) is 2. The summed E-state index contributed by atoms with van der Waals surface area (Å²) in [4.78, 5) is 3.58. The third kappa shape index (κ3) is 3.11. The number of rotatable bonds is 2. The third-order valence-electron chi connectivity index (χ3n) is 1.66. The van der Waals surface area contributed by atoms with E-state index in [1.165, 1.54) is 0 Å². The predicted octanol–water partition coefficient (Wildman–Crippen LogP) is 1.80. The molecule has 1 aromatic carbocycles. The van der Waals surface area contributed by atoms with E-state index in [1.807, 2.05) is 36.4 Å². The van der Waals surface area contributed by atoms with E-state index in [9.17, 15) is 0 Å². The molecule has 3 nitrogen and oxygen atoms in total. The Kier molecular flexibility index (Phi) is 3.96. The number of amidine groups is 1. The molecule has 0 amide bonds. The molecule has 0 fully saturated rings. The van der Waals surface area contributed by atoms with Crippen molar-refractivity contribution in [3.8, 4) is 6.19 Å². The molecule has 14 heavy (non-hydrogen) atoms. The van der Waals surface area contributed by atoms with Crippen LogP contribution in [-0.4, -0.2) is 12.9 Å². The Bertz CT molecular complexity index is 371. The normalized spacial score (nSPS) is 11.3. The lowest BCUT2D eigenvalue weighted by Gasteiger charge is -1.95. The Labute approximate surface area is 83.4 Å². The first-order chi connectivity index (χ1) is 6.86. The van der Waals surface area contributed by atoms with Gasteiger partial charge in [0.15, 0.2) is 0 Å². The van der Waals surface area contributed by atoms with Crippen molar-refractivity contribution in [1.82, 2.24) is 5.32 Å². The fraction of sp³-hybridized carbons (Fsp3) is 0.0909. The molecule has 0 aliphatic carbocycles. The molecule has 3 heteroatoms. The van der Waals surface area contributed by atoms with Gasteiger partial charge in [-0.15, -0.1) is 0 Å². The SMILES string of the molecule is CNC(C=Cc1ccccc1)=NC#N. The van der Waals surface area contributed by atoms with Crippen LogP contribution in [0.5, 0.6) is 0 Å². The Morgan fingerprint density at radius 1 is 1.43 bits per heavy atom. The molecule has 1 N–H and O–H groups in total. The summed E-state index contributed by atoms with van der Waals surface area (Å²) in [5.74, 6) is 0.552. The molecule has 0 aromatic heterocycles. The monoisotopic (exact) mass is 185 g/mol. The van der Waals surface area contributed by atoms with Crippen molar-refractivity contribution in [1.29, 1.82) is 5.26 Å². The summed E-state index contributed by atoms with van der Waals surface area (Å²) in [6.45, 7) is 0. The van der Waals surface area contributed by atoms with Crippen LogP contribution in [0.15, 0.2) is 41.4 Å². The van der Waals surface area contributed by atoms with Crippen LogP contribution in [0.3, 0.4) is 0 Å². The van der Waals surface area contributed by atoms with E-state index in [-0.39, 0.29) is 0 Å². The average molecular weight is 185 g/mol. The number of nitriles is 1. The highest BCUT2D eigenvalue weighted by Crippen LogP contribution is 2.00. The molecule has 0 radical (unpaired) electrons. The zero-order chi connectivity index (χ0) is 10.2. The van der Waals surface area contributed by atoms with Crippen molar-refractivity contribution in [3.05, 3.63) is 42.0 Å². The smallest absolute Gasteiger partial charge is 0.207 e. The lowest BCUT2D eigenvalue weighted by atomic mass is 10.2. The van der Waals surface area contributed by atoms with E-state index in [2.05, 4.69) is 10.3 Å². The van der Waals surface area contributed by atoms with Gasteiger partial charge < -0.3 is 5.32 Å². The van der Waals surface area contributed by atoms with Crippen LogP contribution in [-0.2, 0) is 0 Å². The van der Waals surface area contributed by atoms with E-state index in [0.29, 0.717) is 5.84 Å². The third-order valence-corrected chi connectivity index (χ3v) is 1.66. The highest BCUT2D eigenvalue weighted by atomic mass is 15.0. The molecule has 0 atom stereocenters. The summed E-state index contributed by atoms with van der Waals surface area (Å²) in [6.07, 6.45) is 5.39. The number of hydrogen-bond acceptors (Lipinski definition) is 2. The van der Waals surface area contributed by atoms with Gasteiger partial charge in [-0.2, -0.15) is 10.3 Å². The van der Waals surface area contributed by atoms with Crippen molar-refractivity contribution >= 4 is 11.9 Å². The average Bonchev–Trinajstić information content (AvgIpc) is 2.25. The van der Waals surface area contributed by atoms with Crippen LogP contribution in [0.25, 0.3) is 6.08 Å². The first-order valence-electron chi connectivity index (χ1n) is 4.24. The molecule has 1 aromatic rings. The number of nitrogens with one attached hydrogen (secondary N) is 1. The van der Waals surface area contributed by atoms with Crippen LogP contribution in [0, 0.1) is 11.5 Å². The largest absolute Gasteiger partial charge is 0.372 e. The minimum atomic E-state index is 0.552. The van der Waals surface area contributed by atoms with Gasteiger partial charge in [-0.05, 0) is 11.6 Å². The predicted molar refractivity (Wildman–Crippen MR) is 57.6 cm³/mol. The summed E-state index contributed by atoms with van der Waals surface area (Å²) in [5, 5.41) is 11.2. The van der Waals surface area contributed by atoms with Crippen molar-refractivity contribution in [2.24, 2.45) is 4.99 Å². The van der Waals surface area contributed by atoms with Gasteiger partial charge in [0.05, 0.1) is 0 Å².